The molecule has 6 heteroatoms. The van der Waals surface area contributed by atoms with E-state index >= 15 is 0 Å². The first kappa shape index (κ1) is 17.0. The van der Waals surface area contributed by atoms with E-state index in [9.17, 15) is 9.59 Å². The van der Waals surface area contributed by atoms with Gasteiger partial charge in [0, 0.05) is 11.8 Å². The zero-order valence-corrected chi connectivity index (χ0v) is 14.8. The number of hydrogen-bond donors (Lipinski definition) is 1. The third kappa shape index (κ3) is 3.10. The second-order valence-electron chi connectivity index (χ2n) is 5.78. The molecule has 3 rings (SSSR count). The molecule has 5 nitrogen and oxygen atoms in total. The van der Waals surface area contributed by atoms with Crippen molar-refractivity contribution in [2.75, 3.05) is 17.3 Å². The van der Waals surface area contributed by atoms with E-state index in [2.05, 4.69) is 5.32 Å². The minimum Gasteiger partial charge on any atom is -0.497 e. The highest BCUT2D eigenvalue weighted by Gasteiger charge is 2.39. The van der Waals surface area contributed by atoms with Crippen LogP contribution in [-0.4, -0.2) is 18.9 Å². The second-order valence-corrected chi connectivity index (χ2v) is 6.16. The van der Waals surface area contributed by atoms with Crippen molar-refractivity contribution in [2.45, 2.75) is 13.8 Å². The number of carbonyl (C=O) groups is 2. The zero-order chi connectivity index (χ0) is 18.1. The van der Waals surface area contributed by atoms with Gasteiger partial charge >= 0.3 is 0 Å². The number of amides is 2. The number of methoxy groups -OCH3 is 1. The summed E-state index contributed by atoms with van der Waals surface area (Å²) in [5.74, 6) is -0.513. The molecule has 0 fully saturated rings. The Bertz CT molecular complexity index is 905. The van der Waals surface area contributed by atoms with Crippen LogP contribution in [0, 0.1) is 13.8 Å². The van der Waals surface area contributed by atoms with E-state index in [1.165, 1.54) is 7.11 Å². The molecule has 0 radical (unpaired) electrons. The lowest BCUT2D eigenvalue weighted by Crippen LogP contribution is -2.32. The lowest BCUT2D eigenvalue weighted by Gasteiger charge is -2.16. The Morgan fingerprint density at radius 1 is 1.04 bits per heavy atom. The molecule has 2 aromatic carbocycles. The molecule has 1 aliphatic heterocycles. The molecule has 1 heterocycles. The third-order valence-electron chi connectivity index (χ3n) is 3.98. The molecule has 2 aromatic rings. The first-order valence-corrected chi connectivity index (χ1v) is 8.07. The summed E-state index contributed by atoms with van der Waals surface area (Å²) in [6, 6.07) is 12.5. The van der Waals surface area contributed by atoms with Crippen molar-refractivity contribution < 1.29 is 14.3 Å². The van der Waals surface area contributed by atoms with Gasteiger partial charge in [0.25, 0.3) is 11.8 Å². The van der Waals surface area contributed by atoms with Crippen LogP contribution in [-0.2, 0) is 9.59 Å². The number of carbonyl (C=O) groups excluding carboxylic acids is 2. The molecular formula is C19H17ClN2O3. The van der Waals surface area contributed by atoms with Crippen LogP contribution in [0.2, 0.25) is 0 Å². The normalized spacial score (nSPS) is 14.3. The highest BCUT2D eigenvalue weighted by Crippen LogP contribution is 2.32. The van der Waals surface area contributed by atoms with Gasteiger partial charge in [-0.3, -0.25) is 9.59 Å². The molecule has 0 atom stereocenters. The lowest BCUT2D eigenvalue weighted by molar-refractivity contribution is -0.120. The predicted octanol–water partition coefficient (Wildman–Crippen LogP) is 3.75. The number of aryl methyl sites for hydroxylation is 2. The van der Waals surface area contributed by atoms with E-state index in [1.807, 2.05) is 32.0 Å². The van der Waals surface area contributed by atoms with E-state index in [4.69, 9.17) is 16.3 Å². The van der Waals surface area contributed by atoms with Crippen LogP contribution in [0.15, 0.2) is 53.2 Å². The van der Waals surface area contributed by atoms with Gasteiger partial charge in [0.1, 0.15) is 16.5 Å². The molecule has 0 bridgehead atoms. The SMILES string of the molecule is COc1cccc(N2C(=O)C(Cl)=C(Nc3ccc(C)cc3C)C2=O)c1. The summed E-state index contributed by atoms with van der Waals surface area (Å²) in [7, 11) is 1.52. The number of hydrogen-bond acceptors (Lipinski definition) is 4. The van der Waals surface area contributed by atoms with Gasteiger partial charge < -0.3 is 10.1 Å². The van der Waals surface area contributed by atoms with Crippen molar-refractivity contribution in [3.05, 3.63) is 64.3 Å². The van der Waals surface area contributed by atoms with Crippen molar-refractivity contribution >= 4 is 34.8 Å². The fourth-order valence-corrected chi connectivity index (χ4v) is 2.90. The van der Waals surface area contributed by atoms with Crippen LogP contribution in [0.3, 0.4) is 0 Å². The number of imide groups is 1. The average Bonchev–Trinajstić information content (AvgIpc) is 2.80. The van der Waals surface area contributed by atoms with Gasteiger partial charge in [-0.1, -0.05) is 35.4 Å². The molecule has 0 aromatic heterocycles. The minimum atomic E-state index is -0.563. The summed E-state index contributed by atoms with van der Waals surface area (Å²) in [5, 5.41) is 2.87. The van der Waals surface area contributed by atoms with Gasteiger partial charge in [0.2, 0.25) is 0 Å². The van der Waals surface area contributed by atoms with Gasteiger partial charge in [-0.25, -0.2) is 4.90 Å². The Hall–Kier alpha value is -2.79. The first-order chi connectivity index (χ1) is 11.9. The molecule has 0 saturated carbocycles. The van der Waals surface area contributed by atoms with Crippen molar-refractivity contribution in [1.29, 1.82) is 0 Å². The molecule has 0 unspecified atom stereocenters. The molecule has 1 aliphatic rings. The predicted molar refractivity (Wildman–Crippen MR) is 97.9 cm³/mol. The number of benzene rings is 2. The van der Waals surface area contributed by atoms with Gasteiger partial charge in [0.15, 0.2) is 0 Å². The number of anilines is 2. The Morgan fingerprint density at radius 2 is 1.80 bits per heavy atom. The molecule has 0 spiro atoms. The van der Waals surface area contributed by atoms with E-state index in [0.717, 1.165) is 21.7 Å². The van der Waals surface area contributed by atoms with E-state index in [1.54, 1.807) is 24.3 Å². The van der Waals surface area contributed by atoms with Crippen LogP contribution >= 0.6 is 11.6 Å². The number of rotatable bonds is 4. The fourth-order valence-electron chi connectivity index (χ4n) is 2.68. The highest BCUT2D eigenvalue weighted by molar-refractivity contribution is 6.53. The lowest BCUT2D eigenvalue weighted by atomic mass is 10.1. The molecular weight excluding hydrogens is 340 g/mol. The molecule has 128 valence electrons. The van der Waals surface area contributed by atoms with Gasteiger partial charge in [-0.2, -0.15) is 0 Å². The summed E-state index contributed by atoms with van der Waals surface area (Å²) in [6.07, 6.45) is 0. The average molecular weight is 357 g/mol. The van der Waals surface area contributed by atoms with Crippen molar-refractivity contribution in [1.82, 2.24) is 0 Å². The maximum atomic E-state index is 12.8. The Morgan fingerprint density at radius 3 is 2.48 bits per heavy atom. The largest absolute Gasteiger partial charge is 0.497 e. The maximum absolute atomic E-state index is 12.8. The smallest absolute Gasteiger partial charge is 0.283 e. The standard InChI is InChI=1S/C19H17ClN2O3/c1-11-7-8-15(12(2)9-11)21-17-16(20)18(23)22(19(17)24)13-5-4-6-14(10-13)25-3/h4-10,21H,1-3H3. The summed E-state index contributed by atoms with van der Waals surface area (Å²) in [5.41, 5.74) is 3.27. The minimum absolute atomic E-state index is 0.0708. The molecule has 25 heavy (non-hydrogen) atoms. The van der Waals surface area contributed by atoms with E-state index in [-0.39, 0.29) is 10.7 Å². The van der Waals surface area contributed by atoms with Crippen LogP contribution in [0.5, 0.6) is 5.75 Å². The number of nitrogens with zero attached hydrogens (tertiary/aromatic N) is 1. The van der Waals surface area contributed by atoms with Gasteiger partial charge in [-0.05, 0) is 37.6 Å². The number of nitrogens with one attached hydrogen (secondary N) is 1. The number of ether oxygens (including phenoxy) is 1. The van der Waals surface area contributed by atoms with Gasteiger partial charge in [-0.15, -0.1) is 0 Å². The van der Waals surface area contributed by atoms with Crippen LogP contribution in [0.25, 0.3) is 0 Å². The Balaban J connectivity index is 1.93. The summed E-state index contributed by atoms with van der Waals surface area (Å²) in [6.45, 7) is 3.91. The quantitative estimate of drug-likeness (QED) is 0.848. The van der Waals surface area contributed by atoms with Crippen molar-refractivity contribution in [3.63, 3.8) is 0 Å². The fraction of sp³-hybridized carbons (Fsp3) is 0.158. The molecule has 1 N–H and O–H groups in total. The van der Waals surface area contributed by atoms with Crippen LogP contribution in [0.1, 0.15) is 11.1 Å². The number of halogens is 1. The molecule has 2 amide bonds. The van der Waals surface area contributed by atoms with E-state index < -0.39 is 11.8 Å². The topological polar surface area (TPSA) is 58.6 Å². The molecule has 0 aliphatic carbocycles. The first-order valence-electron chi connectivity index (χ1n) is 7.69. The zero-order valence-electron chi connectivity index (χ0n) is 14.1. The van der Waals surface area contributed by atoms with Gasteiger partial charge in [0.05, 0.1) is 12.8 Å². The second kappa shape index (κ2) is 6.61. The van der Waals surface area contributed by atoms with Crippen LogP contribution in [0.4, 0.5) is 11.4 Å². The third-order valence-corrected chi connectivity index (χ3v) is 4.33. The van der Waals surface area contributed by atoms with Crippen LogP contribution < -0.4 is 15.0 Å². The maximum Gasteiger partial charge on any atom is 0.283 e. The van der Waals surface area contributed by atoms with E-state index in [0.29, 0.717) is 11.4 Å². The summed E-state index contributed by atoms with van der Waals surface area (Å²) >= 11 is 6.15. The Labute approximate surface area is 150 Å². The monoisotopic (exact) mass is 356 g/mol. The molecule has 0 saturated heterocycles. The van der Waals surface area contributed by atoms with Crippen molar-refractivity contribution in [2.24, 2.45) is 0 Å². The summed E-state index contributed by atoms with van der Waals surface area (Å²) in [4.78, 5) is 26.3. The van der Waals surface area contributed by atoms with Crippen molar-refractivity contribution in [3.8, 4) is 5.75 Å². The Kier molecular flexibility index (Phi) is 4.51. The summed E-state index contributed by atoms with van der Waals surface area (Å²) < 4.78 is 5.15. The highest BCUT2D eigenvalue weighted by atomic mass is 35.5.